The lowest BCUT2D eigenvalue weighted by molar-refractivity contribution is 0.195. The third-order valence-electron chi connectivity index (χ3n) is 4.71. The first-order valence-electron chi connectivity index (χ1n) is 8.91. The number of carbonyl (C=O) groups excluding carboxylic acids is 1. The van der Waals surface area contributed by atoms with Crippen LogP contribution in [0.15, 0.2) is 47.4 Å². The number of carbonyl (C=O) groups is 1. The zero-order valence-corrected chi connectivity index (χ0v) is 15.2. The van der Waals surface area contributed by atoms with Crippen LogP contribution in [0.3, 0.4) is 0 Å². The number of aromatic nitrogens is 5. The van der Waals surface area contributed by atoms with Gasteiger partial charge in [-0.25, -0.2) is 24.7 Å². The van der Waals surface area contributed by atoms with Gasteiger partial charge >= 0.3 is 6.03 Å². The lowest BCUT2D eigenvalue weighted by Crippen LogP contribution is -2.40. The summed E-state index contributed by atoms with van der Waals surface area (Å²) in [7, 11) is 0. The molecule has 0 atom stereocenters. The first-order chi connectivity index (χ1) is 13.7. The summed E-state index contributed by atoms with van der Waals surface area (Å²) < 4.78 is 7.59. The van der Waals surface area contributed by atoms with E-state index in [2.05, 4.69) is 29.8 Å². The first-order valence-corrected chi connectivity index (χ1v) is 8.91. The van der Waals surface area contributed by atoms with Crippen molar-refractivity contribution in [3.8, 4) is 11.5 Å². The van der Waals surface area contributed by atoms with E-state index >= 15 is 0 Å². The predicted molar refractivity (Wildman–Crippen MR) is 101 cm³/mol. The Morgan fingerprint density at radius 2 is 2.11 bits per heavy atom. The molecule has 1 aliphatic rings. The number of imidazole rings is 1. The van der Waals surface area contributed by atoms with Crippen LogP contribution < -0.4 is 5.32 Å². The maximum Gasteiger partial charge on any atom is 0.323 e. The van der Waals surface area contributed by atoms with Crippen molar-refractivity contribution in [2.45, 2.75) is 20.0 Å². The Morgan fingerprint density at radius 3 is 2.96 bits per heavy atom. The minimum absolute atomic E-state index is 0.205. The summed E-state index contributed by atoms with van der Waals surface area (Å²) in [6.07, 6.45) is 7.01. The van der Waals surface area contributed by atoms with E-state index in [1.807, 2.05) is 18.3 Å². The van der Waals surface area contributed by atoms with Gasteiger partial charge in [-0.15, -0.1) is 0 Å². The van der Waals surface area contributed by atoms with Crippen LogP contribution in [0.2, 0.25) is 0 Å². The molecule has 5 rings (SSSR count). The molecule has 4 aromatic heterocycles. The summed E-state index contributed by atoms with van der Waals surface area (Å²) in [4.78, 5) is 31.7. The van der Waals surface area contributed by atoms with E-state index in [0.29, 0.717) is 41.8 Å². The summed E-state index contributed by atoms with van der Waals surface area (Å²) in [6.45, 7) is 3.61. The van der Waals surface area contributed by atoms with Gasteiger partial charge in [-0.1, -0.05) is 0 Å². The smallest absolute Gasteiger partial charge is 0.323 e. The molecule has 0 aliphatic carbocycles. The summed E-state index contributed by atoms with van der Waals surface area (Å²) in [5.41, 5.74) is 1.39. The number of pyridine rings is 2. The van der Waals surface area contributed by atoms with Crippen molar-refractivity contribution >= 4 is 22.8 Å². The molecule has 0 unspecified atom stereocenters. The lowest BCUT2D eigenvalue weighted by atomic mass is 10.2. The topological polar surface area (TPSA) is 102 Å². The number of nitrogens with one attached hydrogen (secondary N) is 1. The molecule has 4 aromatic rings. The van der Waals surface area contributed by atoms with Gasteiger partial charge < -0.3 is 13.9 Å². The van der Waals surface area contributed by atoms with Crippen LogP contribution >= 0.6 is 0 Å². The molecule has 2 amide bonds. The number of hydrogen-bond acceptors (Lipinski definition) is 6. The molecular weight excluding hydrogens is 358 g/mol. The number of fused-ring (bicyclic) bond motifs is 2. The highest BCUT2D eigenvalue weighted by molar-refractivity contribution is 5.91. The number of hydrogen-bond donors (Lipinski definition) is 1. The molecule has 0 bridgehead atoms. The van der Waals surface area contributed by atoms with Crippen LogP contribution in [-0.2, 0) is 13.1 Å². The van der Waals surface area contributed by atoms with Gasteiger partial charge in [0.15, 0.2) is 11.7 Å². The highest BCUT2D eigenvalue weighted by atomic mass is 16.4. The van der Waals surface area contributed by atoms with Crippen LogP contribution in [0.5, 0.6) is 0 Å². The third-order valence-corrected chi connectivity index (χ3v) is 4.71. The van der Waals surface area contributed by atoms with Crippen LogP contribution in [0.1, 0.15) is 11.7 Å². The number of aryl methyl sites for hydroxylation is 1. The summed E-state index contributed by atoms with van der Waals surface area (Å²) in [5.74, 6) is 2.51. The minimum Gasteiger partial charge on any atom is -0.439 e. The van der Waals surface area contributed by atoms with Gasteiger partial charge in [0.25, 0.3) is 0 Å². The second-order valence-corrected chi connectivity index (χ2v) is 6.59. The highest BCUT2D eigenvalue weighted by Crippen LogP contribution is 2.23. The molecule has 0 spiro atoms. The van der Waals surface area contributed by atoms with Gasteiger partial charge in [-0.2, -0.15) is 0 Å². The van der Waals surface area contributed by atoms with E-state index < -0.39 is 0 Å². The number of nitrogens with zero attached hydrogens (tertiary/aromatic N) is 6. The van der Waals surface area contributed by atoms with Gasteiger partial charge in [0.05, 0.1) is 18.3 Å². The fourth-order valence-corrected chi connectivity index (χ4v) is 3.24. The average molecular weight is 375 g/mol. The molecule has 5 heterocycles. The summed E-state index contributed by atoms with van der Waals surface area (Å²) >= 11 is 0. The Morgan fingerprint density at radius 1 is 1.18 bits per heavy atom. The van der Waals surface area contributed by atoms with Crippen molar-refractivity contribution in [3.63, 3.8) is 0 Å². The Hall–Kier alpha value is -3.75. The highest BCUT2D eigenvalue weighted by Gasteiger charge is 2.21. The van der Waals surface area contributed by atoms with E-state index in [4.69, 9.17) is 4.42 Å². The van der Waals surface area contributed by atoms with Gasteiger partial charge in [-0.3, -0.25) is 5.32 Å². The second-order valence-electron chi connectivity index (χ2n) is 6.59. The maximum atomic E-state index is 12.6. The average Bonchev–Trinajstić information content (AvgIpc) is 3.35. The zero-order chi connectivity index (χ0) is 19.1. The number of amides is 2. The molecule has 140 valence electrons. The Bertz CT molecular complexity index is 1180. The summed E-state index contributed by atoms with van der Waals surface area (Å²) in [5, 5.41) is 3.73. The predicted octanol–water partition coefficient (Wildman–Crippen LogP) is 2.84. The fourth-order valence-electron chi connectivity index (χ4n) is 3.24. The van der Waals surface area contributed by atoms with Crippen molar-refractivity contribution in [1.29, 1.82) is 0 Å². The van der Waals surface area contributed by atoms with Crippen LogP contribution in [0.25, 0.3) is 22.4 Å². The van der Waals surface area contributed by atoms with E-state index in [-0.39, 0.29) is 6.03 Å². The standard InChI is InChI=1S/C19H17N7O2/c1-12-21-10-16(28-12)14-3-2-13-9-22-17(8-15(13)23-14)24-19(27)26-7-6-25-5-4-20-18(25)11-26/h2-5,8-10H,6-7,11H2,1H3,(H,22,24,27). The third kappa shape index (κ3) is 2.96. The minimum atomic E-state index is -0.205. The van der Waals surface area contributed by atoms with E-state index in [1.165, 1.54) is 0 Å². The molecule has 0 radical (unpaired) electrons. The van der Waals surface area contributed by atoms with Crippen molar-refractivity contribution in [3.05, 3.63) is 54.7 Å². The van der Waals surface area contributed by atoms with Crippen molar-refractivity contribution in [1.82, 2.24) is 29.4 Å². The normalized spacial score (nSPS) is 13.5. The number of rotatable bonds is 2. The van der Waals surface area contributed by atoms with E-state index in [1.54, 1.807) is 36.5 Å². The van der Waals surface area contributed by atoms with Crippen molar-refractivity contribution < 1.29 is 9.21 Å². The molecule has 9 nitrogen and oxygen atoms in total. The van der Waals surface area contributed by atoms with Crippen LogP contribution in [0, 0.1) is 6.92 Å². The van der Waals surface area contributed by atoms with E-state index in [9.17, 15) is 4.79 Å². The molecule has 0 saturated heterocycles. The molecule has 0 aromatic carbocycles. The largest absolute Gasteiger partial charge is 0.439 e. The number of anilines is 1. The summed E-state index contributed by atoms with van der Waals surface area (Å²) in [6, 6.07) is 5.32. The molecule has 28 heavy (non-hydrogen) atoms. The van der Waals surface area contributed by atoms with Crippen LogP contribution in [0.4, 0.5) is 10.6 Å². The molecule has 1 aliphatic heterocycles. The molecule has 9 heteroatoms. The number of oxazole rings is 1. The fraction of sp³-hybridized carbons (Fsp3) is 0.211. The quantitative estimate of drug-likeness (QED) is 0.578. The maximum absolute atomic E-state index is 12.6. The Balaban J connectivity index is 1.38. The number of urea groups is 1. The van der Waals surface area contributed by atoms with Crippen molar-refractivity contribution in [2.24, 2.45) is 0 Å². The molecule has 0 saturated carbocycles. The zero-order valence-electron chi connectivity index (χ0n) is 15.2. The second kappa shape index (κ2) is 6.45. The Kier molecular flexibility index (Phi) is 3.78. The van der Waals surface area contributed by atoms with Crippen molar-refractivity contribution in [2.75, 3.05) is 11.9 Å². The molecule has 1 N–H and O–H groups in total. The SMILES string of the molecule is Cc1ncc(-c2ccc3cnc(NC(=O)N4CCn5ccnc5C4)cc3n2)o1. The first kappa shape index (κ1) is 16.4. The lowest BCUT2D eigenvalue weighted by Gasteiger charge is -2.27. The Labute approximate surface area is 160 Å². The monoisotopic (exact) mass is 375 g/mol. The van der Waals surface area contributed by atoms with Gasteiger partial charge in [-0.05, 0) is 12.1 Å². The molecular formula is C19H17N7O2. The van der Waals surface area contributed by atoms with Gasteiger partial charge in [0.2, 0.25) is 0 Å². The van der Waals surface area contributed by atoms with Crippen LogP contribution in [-0.4, -0.2) is 42.0 Å². The van der Waals surface area contributed by atoms with Gasteiger partial charge in [0.1, 0.15) is 17.3 Å². The molecule has 0 fully saturated rings. The van der Waals surface area contributed by atoms with E-state index in [0.717, 1.165) is 17.8 Å². The van der Waals surface area contributed by atoms with Gasteiger partial charge in [0, 0.05) is 50.1 Å².